The van der Waals surface area contributed by atoms with Crippen molar-refractivity contribution in [2.24, 2.45) is 40.4 Å². The molecule has 6 aromatic carbocycles. The van der Waals surface area contributed by atoms with E-state index < -0.39 is 128 Å². The van der Waals surface area contributed by atoms with Gasteiger partial charge in [0.15, 0.2) is 11.4 Å². The average Bonchev–Trinajstić information content (AvgIpc) is 1.78. The number of H-pyrrole nitrogens is 4. The predicted octanol–water partition coefficient (Wildman–Crippen LogP) is 5.85. The first-order valence-corrected chi connectivity index (χ1v) is 33.3. The summed E-state index contributed by atoms with van der Waals surface area (Å²) in [5.74, 6) is -5.44. The van der Waals surface area contributed by atoms with E-state index in [2.05, 4.69) is 80.5 Å². The number of hydrogen-bond acceptors (Lipinski definition) is 26. The van der Waals surface area contributed by atoms with Crippen molar-refractivity contribution in [3.05, 3.63) is 178 Å². The number of carbonyl (C=O) groups is 2. The number of nitrogens with one attached hydrogen (secondary N) is 4. The van der Waals surface area contributed by atoms with E-state index in [9.17, 15) is 90.3 Å². The van der Waals surface area contributed by atoms with Gasteiger partial charge in [0, 0.05) is 0 Å². The number of carboxylic acid groups (broad SMARTS) is 2. The molecule has 12 N–H and O–H groups in total. The van der Waals surface area contributed by atoms with Crippen LogP contribution in [-0.2, 0) is 50.3 Å². The molecule has 38 nitrogen and oxygen atoms in total. The van der Waals surface area contributed by atoms with Crippen LogP contribution in [0, 0.1) is 0 Å². The third-order valence-electron chi connectivity index (χ3n) is 12.3. The Morgan fingerprint density at radius 2 is 0.779 bits per heavy atom. The van der Waals surface area contributed by atoms with Crippen LogP contribution >= 0.6 is 23.2 Å². The summed E-state index contributed by atoms with van der Waals surface area (Å²) in [7, 11) is -23.8. The molecule has 0 atom stereocenters. The van der Waals surface area contributed by atoms with Crippen LogP contribution in [0.5, 0.6) is 11.8 Å². The third kappa shape index (κ3) is 15.2. The number of carboxylic acids is 2. The summed E-state index contributed by atoms with van der Waals surface area (Å²) in [6.45, 7) is 0. The zero-order valence-electron chi connectivity index (χ0n) is 46.2. The van der Waals surface area contributed by atoms with Gasteiger partial charge in [-0.1, -0.05) is 12.1 Å². The molecular formula is C50H34Cl2N18O20S5. The Hall–Kier alpha value is -11.1. The van der Waals surface area contributed by atoms with E-state index >= 15 is 0 Å². The number of hydrogen-bond donors (Lipinski definition) is 12. The highest BCUT2D eigenvalue weighted by atomic mass is 35.5. The third-order valence-corrected chi connectivity index (χ3v) is 18.0. The molecule has 0 saturated carbocycles. The van der Waals surface area contributed by atoms with Gasteiger partial charge >= 0.3 is 11.9 Å². The highest BCUT2D eigenvalue weighted by Gasteiger charge is 2.28. The largest absolute Gasteiger partial charge is 0.492 e. The topological polar surface area (TPSA) is 590 Å². The second-order valence-electron chi connectivity index (χ2n) is 18.7. The minimum atomic E-state index is -5.08. The summed E-state index contributed by atoms with van der Waals surface area (Å²) in [6.07, 6.45) is 0. The molecule has 0 unspecified atom stereocenters. The van der Waals surface area contributed by atoms with E-state index in [0.29, 0.717) is 9.36 Å². The number of aromatic hydroxyl groups is 2. The number of nitrogens with zero attached hydrogens (tertiary/aromatic N) is 14. The Kier molecular flexibility index (Phi) is 18.1. The van der Waals surface area contributed by atoms with Crippen LogP contribution in [0.3, 0.4) is 0 Å². The van der Waals surface area contributed by atoms with E-state index in [1.54, 1.807) is 0 Å². The summed E-state index contributed by atoms with van der Waals surface area (Å²) in [5, 5.41) is 63.4. The minimum absolute atomic E-state index is 0.00926. The molecule has 488 valence electrons. The fraction of sp³-hybridized carbons (Fsp3) is 0. The van der Waals surface area contributed by atoms with Gasteiger partial charge in [0.25, 0.3) is 40.5 Å². The molecule has 95 heavy (non-hydrogen) atoms. The standard InChI is InChI=1S/C50H34Cl2N18O20S5/c51-45-57-47(61-49(59-45)55-25-7-17-35(94(85,86)87)33(21-25)63-65-37-39(43(73)74)67-69(41(37)71)27-9-13-29(14-10-27)92(79,80)81)53-23-3-1-5-31(19-23)91(77,78)32-6-2-4-24(20-32)54-48-58-46(52)60-50(62-48)56-26-8-18-36(95(88,89)90)34(22-26)64-66-38-40(44(75)76)68-70(42(38)72)28-11-15-30(16-12-28)93(82,83)84/h1-22,71-72H,(H,73,74)(H,75,76)(H,79,80,81)(H,82,83,84)(H,85,86,87)(H,88,89,90)(H2,53,55,57,59,61)(H2,54,56,58,60,62). The van der Waals surface area contributed by atoms with Crippen molar-refractivity contribution >= 4 is 131 Å². The Bertz CT molecular complexity index is 5490. The molecule has 10 rings (SSSR count). The van der Waals surface area contributed by atoms with Gasteiger partial charge in [-0.05, 0) is 145 Å². The van der Waals surface area contributed by atoms with Crippen molar-refractivity contribution in [2.75, 3.05) is 0 Å². The highest BCUT2D eigenvalue weighted by molar-refractivity contribution is 7.91. The SMILES string of the molecule is O=C(O)c1nn(-c2ccc(S(=O)(=O)O)cc2)c(O)c1N=Nc1cc(N=c2[nH]c(Cl)nc(=Nc3cccc(S(=O)(=O)c4cccc(N=c5nc(Cl)[nH]c(=Nc6ccc(S(=O)(=O)O)c(N=Nc7c(C(=O)O)nn(-c8ccc(S(=O)(=O)O)cc8)c7O)c6)[nH]5)c4)c3)[nH]2)ccc1S(=O)(=O)O. The minimum Gasteiger partial charge on any atom is -0.492 e. The number of halogens is 2. The van der Waals surface area contributed by atoms with Crippen LogP contribution in [0.25, 0.3) is 11.4 Å². The van der Waals surface area contributed by atoms with Crippen LogP contribution in [0.2, 0.25) is 10.6 Å². The maximum Gasteiger partial charge on any atom is 0.358 e. The fourth-order valence-electron chi connectivity index (χ4n) is 8.17. The van der Waals surface area contributed by atoms with Crippen molar-refractivity contribution in [3.8, 4) is 23.1 Å². The molecule has 10 aromatic rings. The number of aromatic nitrogens is 10. The fourth-order valence-corrected chi connectivity index (χ4v) is 12.0. The zero-order valence-corrected chi connectivity index (χ0v) is 51.8. The smallest absolute Gasteiger partial charge is 0.358 e. The lowest BCUT2D eigenvalue weighted by Crippen LogP contribution is -2.26. The lowest BCUT2D eigenvalue weighted by molar-refractivity contribution is 0.0680. The second-order valence-corrected chi connectivity index (χ2v) is 27.0. The number of sulfone groups is 1. The van der Waals surface area contributed by atoms with Gasteiger partial charge in [-0.2, -0.15) is 63.2 Å². The first-order chi connectivity index (χ1) is 44.6. The lowest BCUT2D eigenvalue weighted by atomic mass is 10.3. The molecule has 0 aliphatic rings. The summed E-state index contributed by atoms with van der Waals surface area (Å²) in [4.78, 5) is 56.9. The van der Waals surface area contributed by atoms with Crippen LogP contribution in [0.4, 0.5) is 45.5 Å². The molecular weight excluding hydrogens is 1400 g/mol. The lowest BCUT2D eigenvalue weighted by Gasteiger charge is -2.06. The van der Waals surface area contributed by atoms with Gasteiger partial charge in [0.1, 0.15) is 21.2 Å². The Morgan fingerprint density at radius 1 is 0.421 bits per heavy atom. The summed E-state index contributed by atoms with van der Waals surface area (Å²) < 4.78 is 164. The maximum absolute atomic E-state index is 14.2. The first-order valence-electron chi connectivity index (χ1n) is 25.3. The predicted molar refractivity (Wildman–Crippen MR) is 320 cm³/mol. The normalized spacial score (nSPS) is 13.4. The van der Waals surface area contributed by atoms with Crippen molar-refractivity contribution in [1.29, 1.82) is 0 Å². The second kappa shape index (κ2) is 25.8. The first kappa shape index (κ1) is 66.8. The van der Waals surface area contributed by atoms with Crippen molar-refractivity contribution < 1.29 is 90.3 Å². The summed E-state index contributed by atoms with van der Waals surface area (Å²) in [5.41, 5.74) is -6.35. The number of aromatic carboxylic acids is 2. The van der Waals surface area contributed by atoms with Crippen LogP contribution in [0.15, 0.2) is 203 Å². The van der Waals surface area contributed by atoms with E-state index in [1.807, 2.05) is 0 Å². The molecule has 0 saturated heterocycles. The van der Waals surface area contributed by atoms with Crippen molar-refractivity contribution in [2.45, 2.75) is 29.4 Å². The van der Waals surface area contributed by atoms with Crippen molar-refractivity contribution in [3.63, 3.8) is 0 Å². The molecule has 0 aliphatic heterocycles. The van der Waals surface area contributed by atoms with Crippen molar-refractivity contribution in [1.82, 2.24) is 49.5 Å². The maximum atomic E-state index is 14.2. The molecule has 4 heterocycles. The van der Waals surface area contributed by atoms with E-state index in [-0.39, 0.29) is 77.0 Å². The average molecular weight is 1440 g/mol. The van der Waals surface area contributed by atoms with Gasteiger partial charge < -0.3 is 30.4 Å². The number of azo groups is 2. The van der Waals surface area contributed by atoms with Gasteiger partial charge in [-0.25, -0.2) is 38.0 Å². The summed E-state index contributed by atoms with van der Waals surface area (Å²) in [6, 6.07) is 24.1. The number of aromatic amines is 4. The molecule has 0 spiro atoms. The Balaban J connectivity index is 0.917. The molecule has 4 aromatic heterocycles. The van der Waals surface area contributed by atoms with Crippen LogP contribution < -0.4 is 22.5 Å². The molecule has 0 amide bonds. The Morgan fingerprint density at radius 3 is 1.12 bits per heavy atom. The molecule has 0 fully saturated rings. The molecule has 45 heteroatoms. The number of benzene rings is 6. The highest BCUT2D eigenvalue weighted by Crippen LogP contribution is 2.39. The van der Waals surface area contributed by atoms with Gasteiger partial charge in [-0.15, -0.1) is 20.5 Å². The zero-order chi connectivity index (χ0) is 68.7. The van der Waals surface area contributed by atoms with Gasteiger partial charge in [0.05, 0.1) is 53.7 Å². The van der Waals surface area contributed by atoms with Crippen LogP contribution in [0.1, 0.15) is 21.0 Å². The van der Waals surface area contributed by atoms with Crippen LogP contribution in [-0.4, -0.2) is 142 Å². The van der Waals surface area contributed by atoms with E-state index in [1.165, 1.54) is 48.5 Å². The molecule has 0 radical (unpaired) electrons. The van der Waals surface area contributed by atoms with E-state index in [0.717, 1.165) is 84.9 Å². The summed E-state index contributed by atoms with van der Waals surface area (Å²) >= 11 is 12.6. The molecule has 0 aliphatic carbocycles. The van der Waals surface area contributed by atoms with E-state index in [4.69, 9.17) is 23.2 Å². The Labute approximate surface area is 538 Å². The van der Waals surface area contributed by atoms with Gasteiger partial charge in [-0.3, -0.25) is 28.2 Å². The monoisotopic (exact) mass is 1440 g/mol. The van der Waals surface area contributed by atoms with Gasteiger partial charge in [0.2, 0.25) is 66.0 Å². The number of rotatable bonds is 18. The quantitative estimate of drug-likeness (QED) is 0.0354. The molecule has 0 bridgehead atoms.